The Morgan fingerprint density at radius 3 is 2.73 bits per heavy atom. The highest BCUT2D eigenvalue weighted by Gasteiger charge is 2.76. The van der Waals surface area contributed by atoms with E-state index in [1.807, 2.05) is 26.0 Å². The Kier molecular flexibility index (Phi) is 6.73. The zero-order valence-electron chi connectivity index (χ0n) is 19.3. The SMILES string of the molecule is CCCNC(=O)[C@@H]1[C@H]2C(=O)N(CCCO)C(C(=O)Nc3c(C)cccc3Cl)C23CC[C@@]1(C)S3. The molecule has 2 bridgehead atoms. The Morgan fingerprint density at radius 2 is 2.06 bits per heavy atom. The number of aliphatic hydroxyl groups excluding tert-OH is 1. The normalized spacial score (nSPS) is 32.2. The van der Waals surface area contributed by atoms with Gasteiger partial charge in [-0.3, -0.25) is 14.4 Å². The van der Waals surface area contributed by atoms with Gasteiger partial charge in [0, 0.05) is 24.4 Å². The van der Waals surface area contributed by atoms with Crippen molar-refractivity contribution in [3.8, 4) is 0 Å². The van der Waals surface area contributed by atoms with Gasteiger partial charge in [0.1, 0.15) is 6.04 Å². The molecule has 33 heavy (non-hydrogen) atoms. The van der Waals surface area contributed by atoms with Gasteiger partial charge in [0.05, 0.1) is 27.3 Å². The molecule has 3 amide bonds. The average molecular weight is 494 g/mol. The second-order valence-electron chi connectivity index (χ2n) is 9.55. The highest BCUT2D eigenvalue weighted by atomic mass is 35.5. The summed E-state index contributed by atoms with van der Waals surface area (Å²) in [4.78, 5) is 42.3. The van der Waals surface area contributed by atoms with Crippen molar-refractivity contribution < 1.29 is 19.5 Å². The lowest BCUT2D eigenvalue weighted by molar-refractivity contribution is -0.140. The number of thioether (sulfide) groups is 1. The maximum Gasteiger partial charge on any atom is 0.248 e. The number of nitrogens with zero attached hydrogens (tertiary/aromatic N) is 1. The molecule has 180 valence electrons. The number of hydrogen-bond donors (Lipinski definition) is 3. The fourth-order valence-electron chi connectivity index (χ4n) is 5.95. The Morgan fingerprint density at radius 1 is 1.30 bits per heavy atom. The van der Waals surface area contributed by atoms with Crippen LogP contribution in [0.15, 0.2) is 18.2 Å². The number of anilines is 1. The molecule has 9 heteroatoms. The van der Waals surface area contributed by atoms with E-state index < -0.39 is 22.6 Å². The fourth-order valence-corrected chi connectivity index (χ4v) is 8.57. The lowest BCUT2D eigenvalue weighted by Gasteiger charge is -2.35. The molecule has 0 saturated carbocycles. The van der Waals surface area contributed by atoms with Crippen molar-refractivity contribution in [2.45, 2.75) is 62.0 Å². The number of carbonyl (C=O) groups excluding carboxylic acids is 3. The van der Waals surface area contributed by atoms with Crippen LogP contribution in [0.5, 0.6) is 0 Å². The summed E-state index contributed by atoms with van der Waals surface area (Å²) >= 11 is 8.00. The van der Waals surface area contributed by atoms with Gasteiger partial charge in [-0.25, -0.2) is 0 Å². The molecule has 4 rings (SSSR count). The van der Waals surface area contributed by atoms with E-state index in [-0.39, 0.29) is 35.6 Å². The lowest BCUT2D eigenvalue weighted by Crippen LogP contribution is -2.52. The molecule has 1 aromatic rings. The van der Waals surface area contributed by atoms with Crippen LogP contribution < -0.4 is 10.6 Å². The largest absolute Gasteiger partial charge is 0.396 e. The number of para-hydroxylation sites is 1. The topological polar surface area (TPSA) is 98.7 Å². The number of aryl methyl sites for hydroxylation is 1. The Hall–Kier alpha value is -1.77. The van der Waals surface area contributed by atoms with Crippen molar-refractivity contribution in [2.24, 2.45) is 11.8 Å². The number of aliphatic hydroxyl groups is 1. The molecule has 3 heterocycles. The molecule has 3 saturated heterocycles. The minimum Gasteiger partial charge on any atom is -0.396 e. The van der Waals surface area contributed by atoms with E-state index in [4.69, 9.17) is 11.6 Å². The van der Waals surface area contributed by atoms with Crippen LogP contribution in [0.25, 0.3) is 0 Å². The summed E-state index contributed by atoms with van der Waals surface area (Å²) in [5.41, 5.74) is 1.38. The number of likely N-dealkylation sites (tertiary alicyclic amines) is 1. The van der Waals surface area contributed by atoms with Gasteiger partial charge in [-0.2, -0.15) is 0 Å². The van der Waals surface area contributed by atoms with Crippen LogP contribution in [0.3, 0.4) is 0 Å². The first-order valence-electron chi connectivity index (χ1n) is 11.7. The summed E-state index contributed by atoms with van der Waals surface area (Å²) in [6.45, 7) is 6.68. The van der Waals surface area contributed by atoms with E-state index in [0.29, 0.717) is 30.1 Å². The van der Waals surface area contributed by atoms with E-state index in [9.17, 15) is 19.5 Å². The number of halogens is 1. The van der Waals surface area contributed by atoms with E-state index >= 15 is 0 Å². The maximum atomic E-state index is 13.8. The number of nitrogens with one attached hydrogen (secondary N) is 2. The second kappa shape index (κ2) is 9.12. The molecule has 0 radical (unpaired) electrons. The van der Waals surface area contributed by atoms with Gasteiger partial charge in [-0.1, -0.05) is 30.7 Å². The number of rotatable bonds is 8. The van der Waals surface area contributed by atoms with E-state index in [0.717, 1.165) is 18.4 Å². The molecule has 1 spiro atoms. The summed E-state index contributed by atoms with van der Waals surface area (Å²) in [6.07, 6.45) is 2.65. The van der Waals surface area contributed by atoms with Gasteiger partial charge in [0.15, 0.2) is 0 Å². The van der Waals surface area contributed by atoms with Crippen LogP contribution in [0.4, 0.5) is 5.69 Å². The maximum absolute atomic E-state index is 13.8. The molecule has 5 atom stereocenters. The molecule has 0 aliphatic carbocycles. The van der Waals surface area contributed by atoms with Crippen LogP contribution in [-0.4, -0.2) is 63.0 Å². The highest BCUT2D eigenvalue weighted by molar-refractivity contribution is 8.02. The van der Waals surface area contributed by atoms with E-state index in [1.165, 1.54) is 0 Å². The quantitative estimate of drug-likeness (QED) is 0.517. The van der Waals surface area contributed by atoms with Gasteiger partial charge >= 0.3 is 0 Å². The Balaban J connectivity index is 1.72. The summed E-state index contributed by atoms with van der Waals surface area (Å²) in [5, 5.41) is 15.8. The summed E-state index contributed by atoms with van der Waals surface area (Å²) in [7, 11) is 0. The first kappa shape index (κ1) is 24.4. The van der Waals surface area contributed by atoms with Crippen LogP contribution in [0.2, 0.25) is 5.02 Å². The number of amides is 3. The van der Waals surface area contributed by atoms with Crippen molar-refractivity contribution in [1.82, 2.24) is 10.2 Å². The molecule has 7 nitrogen and oxygen atoms in total. The Labute approximate surface area is 204 Å². The number of carbonyl (C=O) groups is 3. The van der Waals surface area contributed by atoms with Crippen LogP contribution in [-0.2, 0) is 14.4 Å². The minimum atomic E-state index is -0.729. The summed E-state index contributed by atoms with van der Waals surface area (Å²) in [5.74, 6) is -1.58. The highest BCUT2D eigenvalue weighted by Crippen LogP contribution is 2.71. The van der Waals surface area contributed by atoms with Crippen molar-refractivity contribution in [3.63, 3.8) is 0 Å². The first-order chi connectivity index (χ1) is 15.7. The Bertz CT molecular complexity index is 955. The smallest absolute Gasteiger partial charge is 0.248 e. The standard InChI is InChI=1S/C24H32ClN3O4S/c1-4-11-26-20(30)16-17-22(32)28(12-6-13-29)19(24(17)10-9-23(16,3)33-24)21(31)27-18-14(2)7-5-8-15(18)25/h5,7-8,16-17,19,29H,4,6,9-13H2,1-3H3,(H,26,30)(H,27,31)/t16-,17-,19?,23+,24?/m0/s1. The van der Waals surface area contributed by atoms with Gasteiger partial charge in [0.25, 0.3) is 0 Å². The molecule has 1 aromatic carbocycles. The number of hydrogen-bond acceptors (Lipinski definition) is 5. The summed E-state index contributed by atoms with van der Waals surface area (Å²) in [6, 6.07) is 4.69. The van der Waals surface area contributed by atoms with Gasteiger partial charge in [-0.05, 0) is 51.2 Å². The molecule has 3 aliphatic heterocycles. The van der Waals surface area contributed by atoms with Crippen molar-refractivity contribution in [2.75, 3.05) is 25.0 Å². The third-order valence-corrected chi connectivity index (χ3v) is 9.68. The van der Waals surface area contributed by atoms with Gasteiger partial charge in [-0.15, -0.1) is 11.8 Å². The zero-order valence-corrected chi connectivity index (χ0v) is 20.9. The molecule has 3 aliphatic rings. The third kappa shape index (κ3) is 3.84. The van der Waals surface area contributed by atoms with Crippen molar-refractivity contribution in [1.29, 1.82) is 0 Å². The monoisotopic (exact) mass is 493 g/mol. The lowest BCUT2D eigenvalue weighted by atomic mass is 9.66. The fraction of sp³-hybridized carbons (Fsp3) is 0.625. The molecule has 3 fully saturated rings. The minimum absolute atomic E-state index is 0.0787. The van der Waals surface area contributed by atoms with Crippen LogP contribution in [0, 0.1) is 18.8 Å². The third-order valence-electron chi connectivity index (χ3n) is 7.38. The van der Waals surface area contributed by atoms with Gasteiger partial charge < -0.3 is 20.6 Å². The van der Waals surface area contributed by atoms with E-state index in [1.54, 1.807) is 22.7 Å². The van der Waals surface area contributed by atoms with Crippen LogP contribution in [0.1, 0.15) is 45.1 Å². The van der Waals surface area contributed by atoms with Crippen LogP contribution >= 0.6 is 23.4 Å². The van der Waals surface area contributed by atoms with E-state index in [2.05, 4.69) is 17.6 Å². The second-order valence-corrected chi connectivity index (χ2v) is 11.9. The first-order valence-corrected chi connectivity index (χ1v) is 12.8. The molecular weight excluding hydrogens is 462 g/mol. The number of fused-ring (bicyclic) bond motifs is 1. The molecule has 0 aromatic heterocycles. The summed E-state index contributed by atoms with van der Waals surface area (Å²) < 4.78 is -1.06. The van der Waals surface area contributed by atoms with Crippen molar-refractivity contribution in [3.05, 3.63) is 28.8 Å². The number of benzene rings is 1. The molecular formula is C24H32ClN3O4S. The predicted molar refractivity (Wildman–Crippen MR) is 130 cm³/mol. The predicted octanol–water partition coefficient (Wildman–Crippen LogP) is 2.98. The van der Waals surface area contributed by atoms with Gasteiger partial charge in [0.2, 0.25) is 17.7 Å². The molecule has 2 unspecified atom stereocenters. The zero-order chi connectivity index (χ0) is 24.0. The average Bonchev–Trinajstić information content (AvgIpc) is 3.34. The molecule has 3 N–H and O–H groups in total. The van der Waals surface area contributed by atoms with Crippen molar-refractivity contribution >= 4 is 46.8 Å².